The number of hydrogen-bond donors (Lipinski definition) is 1. The quantitative estimate of drug-likeness (QED) is 0.747. The highest BCUT2D eigenvalue weighted by molar-refractivity contribution is 5.89. The predicted octanol–water partition coefficient (Wildman–Crippen LogP) is 3.68. The summed E-state index contributed by atoms with van der Waals surface area (Å²) < 4.78 is 0. The Balaban J connectivity index is 1.62. The van der Waals surface area contributed by atoms with E-state index < -0.39 is 0 Å². The zero-order valence-electron chi connectivity index (χ0n) is 16.0. The first kappa shape index (κ1) is 17.8. The van der Waals surface area contributed by atoms with E-state index in [9.17, 15) is 0 Å². The lowest BCUT2D eigenvalue weighted by atomic mass is 10.0. The minimum Gasteiger partial charge on any atom is -0.367 e. The molecule has 1 aliphatic heterocycles. The molecule has 1 fully saturated rings. The monoisotopic (exact) mass is 362 g/mol. The van der Waals surface area contributed by atoms with E-state index >= 15 is 0 Å². The molecule has 0 radical (unpaired) electrons. The summed E-state index contributed by atoms with van der Waals surface area (Å²) in [7, 11) is 0. The van der Waals surface area contributed by atoms with Crippen LogP contribution in [-0.4, -0.2) is 44.5 Å². The molecule has 0 saturated carbocycles. The second-order valence-electron chi connectivity index (χ2n) is 7.28. The van der Waals surface area contributed by atoms with Gasteiger partial charge in [0.1, 0.15) is 12.1 Å². The second-order valence-corrected chi connectivity index (χ2v) is 7.28. The molecule has 3 aromatic heterocycles. The summed E-state index contributed by atoms with van der Waals surface area (Å²) in [6.07, 6.45) is 9.25. The largest absolute Gasteiger partial charge is 0.367 e. The van der Waals surface area contributed by atoms with Crippen molar-refractivity contribution in [3.05, 3.63) is 53.7 Å². The summed E-state index contributed by atoms with van der Waals surface area (Å²) in [5.41, 5.74) is 4.12. The van der Waals surface area contributed by atoms with Gasteiger partial charge in [-0.05, 0) is 63.0 Å². The summed E-state index contributed by atoms with van der Waals surface area (Å²) in [4.78, 5) is 20.3. The van der Waals surface area contributed by atoms with E-state index in [4.69, 9.17) is 0 Å². The highest BCUT2D eigenvalue weighted by Crippen LogP contribution is 2.27. The Morgan fingerprint density at radius 2 is 2.00 bits per heavy atom. The number of aromatic nitrogens is 4. The number of likely N-dealkylation sites (tertiary alicyclic amines) is 1. The van der Waals surface area contributed by atoms with Gasteiger partial charge in [-0.3, -0.25) is 9.88 Å². The zero-order chi connectivity index (χ0) is 18.6. The molecule has 0 spiro atoms. The van der Waals surface area contributed by atoms with Gasteiger partial charge in [0, 0.05) is 24.6 Å². The Morgan fingerprint density at radius 3 is 2.78 bits per heavy atom. The molecule has 0 amide bonds. The fourth-order valence-corrected chi connectivity index (χ4v) is 4.00. The molecule has 140 valence electrons. The van der Waals surface area contributed by atoms with Crippen molar-refractivity contribution in [3.63, 3.8) is 0 Å². The Kier molecular flexibility index (Phi) is 5.25. The molecule has 0 aromatic carbocycles. The number of hydrogen-bond acceptors (Lipinski definition) is 6. The normalized spacial score (nSPS) is 16.4. The van der Waals surface area contributed by atoms with Crippen LogP contribution in [0.4, 0.5) is 5.82 Å². The maximum atomic E-state index is 4.56. The molecule has 3 aromatic rings. The van der Waals surface area contributed by atoms with Crippen molar-refractivity contribution in [2.75, 3.05) is 25.0 Å². The van der Waals surface area contributed by atoms with Gasteiger partial charge in [-0.1, -0.05) is 12.5 Å². The molecule has 0 bridgehead atoms. The van der Waals surface area contributed by atoms with Crippen LogP contribution in [0.2, 0.25) is 0 Å². The van der Waals surface area contributed by atoms with Crippen LogP contribution < -0.4 is 5.32 Å². The second kappa shape index (κ2) is 7.96. The third-order valence-corrected chi connectivity index (χ3v) is 5.29. The van der Waals surface area contributed by atoms with Crippen molar-refractivity contribution >= 4 is 16.9 Å². The van der Waals surface area contributed by atoms with Crippen LogP contribution in [0.5, 0.6) is 0 Å². The first-order valence-electron chi connectivity index (χ1n) is 9.69. The van der Waals surface area contributed by atoms with E-state index in [0.717, 1.165) is 47.7 Å². The van der Waals surface area contributed by atoms with Crippen LogP contribution in [0, 0.1) is 13.8 Å². The van der Waals surface area contributed by atoms with Crippen molar-refractivity contribution in [1.29, 1.82) is 0 Å². The maximum absolute atomic E-state index is 4.56. The Labute approximate surface area is 160 Å². The van der Waals surface area contributed by atoms with Gasteiger partial charge in [0.15, 0.2) is 5.65 Å². The summed E-state index contributed by atoms with van der Waals surface area (Å²) in [6.45, 7) is 7.13. The Hall–Kier alpha value is -2.60. The molecule has 4 heterocycles. The summed E-state index contributed by atoms with van der Waals surface area (Å²) in [6, 6.07) is 6.55. The fourth-order valence-electron chi connectivity index (χ4n) is 4.00. The minimum absolute atomic E-state index is 0.280. The lowest BCUT2D eigenvalue weighted by Crippen LogP contribution is -2.37. The van der Waals surface area contributed by atoms with Gasteiger partial charge in [0.05, 0.1) is 11.4 Å². The standard InChI is InChI=1S/C21H26N6/c1-15-11-16(2)26-21-19(15)20(24-14-25-21)23-13-18(17-7-6-8-22-12-17)27-9-4-3-5-10-27/h6-8,11-12,14,18H,3-5,9-10,13H2,1-2H3,(H,23,24,25,26)/t18-/m0/s1. The van der Waals surface area contributed by atoms with Crippen LogP contribution in [0.25, 0.3) is 11.0 Å². The van der Waals surface area contributed by atoms with Crippen molar-refractivity contribution in [3.8, 4) is 0 Å². The number of anilines is 1. The van der Waals surface area contributed by atoms with Crippen molar-refractivity contribution in [1.82, 2.24) is 24.8 Å². The molecule has 1 atom stereocenters. The average molecular weight is 362 g/mol. The van der Waals surface area contributed by atoms with Gasteiger partial charge in [0.2, 0.25) is 0 Å². The van der Waals surface area contributed by atoms with Gasteiger partial charge in [-0.25, -0.2) is 15.0 Å². The molecule has 1 saturated heterocycles. The molecule has 4 rings (SSSR count). The number of nitrogens with one attached hydrogen (secondary N) is 1. The molecule has 6 heteroatoms. The number of nitrogens with zero attached hydrogens (tertiary/aromatic N) is 5. The van der Waals surface area contributed by atoms with Gasteiger partial charge in [-0.2, -0.15) is 0 Å². The molecule has 1 N–H and O–H groups in total. The summed E-state index contributed by atoms with van der Waals surface area (Å²) in [5, 5.41) is 4.59. The molecule has 6 nitrogen and oxygen atoms in total. The van der Waals surface area contributed by atoms with E-state index in [1.54, 1.807) is 6.33 Å². The third kappa shape index (κ3) is 3.90. The van der Waals surface area contributed by atoms with E-state index in [1.165, 1.54) is 24.8 Å². The maximum Gasteiger partial charge on any atom is 0.165 e. The highest BCUT2D eigenvalue weighted by Gasteiger charge is 2.23. The molecule has 1 aliphatic rings. The van der Waals surface area contributed by atoms with Crippen LogP contribution in [0.15, 0.2) is 36.9 Å². The molecule has 0 unspecified atom stereocenters. The van der Waals surface area contributed by atoms with Crippen LogP contribution in [0.1, 0.15) is 42.1 Å². The molecular formula is C21H26N6. The van der Waals surface area contributed by atoms with E-state index in [2.05, 4.69) is 49.2 Å². The average Bonchev–Trinajstić information content (AvgIpc) is 2.69. The van der Waals surface area contributed by atoms with Crippen molar-refractivity contribution in [2.45, 2.75) is 39.2 Å². The van der Waals surface area contributed by atoms with Gasteiger partial charge < -0.3 is 5.32 Å². The molecule has 27 heavy (non-hydrogen) atoms. The zero-order valence-corrected chi connectivity index (χ0v) is 16.0. The van der Waals surface area contributed by atoms with Crippen LogP contribution >= 0.6 is 0 Å². The van der Waals surface area contributed by atoms with E-state index in [-0.39, 0.29) is 6.04 Å². The Bertz CT molecular complexity index is 905. The first-order chi connectivity index (χ1) is 13.2. The predicted molar refractivity (Wildman–Crippen MR) is 108 cm³/mol. The molecular weight excluding hydrogens is 336 g/mol. The lowest BCUT2D eigenvalue weighted by Gasteiger charge is -2.35. The molecule has 0 aliphatic carbocycles. The van der Waals surface area contributed by atoms with Crippen molar-refractivity contribution < 1.29 is 0 Å². The number of aryl methyl sites for hydroxylation is 2. The fraction of sp³-hybridized carbons (Fsp3) is 0.429. The lowest BCUT2D eigenvalue weighted by molar-refractivity contribution is 0.170. The topological polar surface area (TPSA) is 66.8 Å². The highest BCUT2D eigenvalue weighted by atomic mass is 15.2. The Morgan fingerprint density at radius 1 is 1.15 bits per heavy atom. The number of rotatable bonds is 5. The summed E-state index contributed by atoms with van der Waals surface area (Å²) >= 11 is 0. The number of pyridine rings is 2. The van der Waals surface area contributed by atoms with Crippen molar-refractivity contribution in [2.24, 2.45) is 0 Å². The van der Waals surface area contributed by atoms with Gasteiger partial charge >= 0.3 is 0 Å². The first-order valence-corrected chi connectivity index (χ1v) is 9.69. The SMILES string of the molecule is Cc1cc(C)c2c(NC[C@@H](c3cccnc3)N3CCCCC3)ncnc2n1. The third-order valence-electron chi connectivity index (χ3n) is 5.29. The van der Waals surface area contributed by atoms with E-state index in [0.29, 0.717) is 0 Å². The van der Waals surface area contributed by atoms with Crippen LogP contribution in [0.3, 0.4) is 0 Å². The number of piperidine rings is 1. The number of fused-ring (bicyclic) bond motifs is 1. The van der Waals surface area contributed by atoms with Crippen LogP contribution in [-0.2, 0) is 0 Å². The van der Waals surface area contributed by atoms with Gasteiger partial charge in [0.25, 0.3) is 0 Å². The van der Waals surface area contributed by atoms with E-state index in [1.807, 2.05) is 25.4 Å². The smallest absolute Gasteiger partial charge is 0.165 e. The van der Waals surface area contributed by atoms with Gasteiger partial charge in [-0.15, -0.1) is 0 Å². The summed E-state index contributed by atoms with van der Waals surface area (Å²) in [5.74, 6) is 0.857. The minimum atomic E-state index is 0.280.